The fourth-order valence-corrected chi connectivity index (χ4v) is 2.01. The Kier molecular flexibility index (Phi) is 6.01. The summed E-state index contributed by atoms with van der Waals surface area (Å²) in [6.07, 6.45) is 1.22. The Morgan fingerprint density at radius 3 is 2.18 bits per heavy atom. The molecule has 0 fully saturated rings. The van der Waals surface area contributed by atoms with Crippen LogP contribution in [0.2, 0.25) is 5.02 Å². The molecule has 17 heavy (non-hydrogen) atoms. The first-order valence-corrected chi connectivity index (χ1v) is 6.91. The molecule has 0 aliphatic heterocycles. The van der Waals surface area contributed by atoms with Crippen LogP contribution in [0, 0.1) is 11.8 Å². The van der Waals surface area contributed by atoms with Crippen LogP contribution in [0.25, 0.3) is 0 Å². The molecule has 0 spiro atoms. The summed E-state index contributed by atoms with van der Waals surface area (Å²) in [4.78, 5) is 0. The molecule has 1 aromatic carbocycles. The summed E-state index contributed by atoms with van der Waals surface area (Å²) in [7, 11) is 0. The SMILES string of the molecule is CCC(C)CNC(c1ccc(Cl)cc1)C(C)C. The second kappa shape index (κ2) is 7.03. The highest BCUT2D eigenvalue weighted by molar-refractivity contribution is 6.30. The third-order valence-electron chi connectivity index (χ3n) is 3.28. The predicted molar refractivity (Wildman–Crippen MR) is 76.5 cm³/mol. The van der Waals surface area contributed by atoms with Gasteiger partial charge in [-0.05, 0) is 36.1 Å². The summed E-state index contributed by atoms with van der Waals surface area (Å²) in [5, 5.41) is 4.47. The van der Waals surface area contributed by atoms with Gasteiger partial charge in [-0.25, -0.2) is 0 Å². The first-order valence-electron chi connectivity index (χ1n) is 6.53. The number of rotatable bonds is 6. The third kappa shape index (κ3) is 4.69. The van der Waals surface area contributed by atoms with Gasteiger partial charge in [0.05, 0.1) is 0 Å². The maximum absolute atomic E-state index is 5.93. The summed E-state index contributed by atoms with van der Waals surface area (Å²) in [5.41, 5.74) is 1.33. The number of benzene rings is 1. The number of hydrogen-bond acceptors (Lipinski definition) is 1. The molecule has 0 saturated heterocycles. The van der Waals surface area contributed by atoms with Crippen molar-refractivity contribution in [2.45, 2.75) is 40.2 Å². The molecule has 1 rings (SSSR count). The van der Waals surface area contributed by atoms with E-state index >= 15 is 0 Å². The van der Waals surface area contributed by atoms with E-state index < -0.39 is 0 Å². The molecule has 1 aromatic rings. The van der Waals surface area contributed by atoms with Crippen LogP contribution in [-0.4, -0.2) is 6.54 Å². The lowest BCUT2D eigenvalue weighted by Gasteiger charge is -2.24. The number of hydrogen-bond donors (Lipinski definition) is 1. The van der Waals surface area contributed by atoms with E-state index in [-0.39, 0.29) is 0 Å². The quantitative estimate of drug-likeness (QED) is 0.777. The van der Waals surface area contributed by atoms with Crippen molar-refractivity contribution in [3.8, 4) is 0 Å². The van der Waals surface area contributed by atoms with Gasteiger partial charge in [0.2, 0.25) is 0 Å². The molecule has 96 valence electrons. The fraction of sp³-hybridized carbons (Fsp3) is 0.600. The van der Waals surface area contributed by atoms with E-state index in [1.165, 1.54) is 12.0 Å². The monoisotopic (exact) mass is 253 g/mol. The van der Waals surface area contributed by atoms with E-state index in [1.807, 2.05) is 12.1 Å². The van der Waals surface area contributed by atoms with Crippen molar-refractivity contribution in [1.29, 1.82) is 0 Å². The molecular formula is C15H24ClN. The molecule has 0 heterocycles. The second-order valence-electron chi connectivity index (χ2n) is 5.19. The molecule has 2 heteroatoms. The molecule has 0 bridgehead atoms. The summed E-state index contributed by atoms with van der Waals surface area (Å²) in [6, 6.07) is 8.60. The highest BCUT2D eigenvalue weighted by Gasteiger charge is 2.15. The highest BCUT2D eigenvalue weighted by Crippen LogP contribution is 2.23. The molecule has 2 unspecified atom stereocenters. The van der Waals surface area contributed by atoms with Crippen LogP contribution >= 0.6 is 11.6 Å². The minimum absolute atomic E-state index is 0.418. The van der Waals surface area contributed by atoms with Crippen LogP contribution in [-0.2, 0) is 0 Å². The number of halogens is 1. The van der Waals surface area contributed by atoms with E-state index in [0.717, 1.165) is 17.5 Å². The van der Waals surface area contributed by atoms with Crippen LogP contribution < -0.4 is 5.32 Å². The lowest BCUT2D eigenvalue weighted by molar-refractivity contribution is 0.375. The molecule has 0 aliphatic carbocycles. The molecule has 0 radical (unpaired) electrons. The normalized spacial score (nSPS) is 14.9. The van der Waals surface area contributed by atoms with Crippen molar-refractivity contribution in [1.82, 2.24) is 5.32 Å². The van der Waals surface area contributed by atoms with E-state index in [9.17, 15) is 0 Å². The zero-order chi connectivity index (χ0) is 12.8. The molecule has 1 nitrogen and oxygen atoms in total. The first-order chi connectivity index (χ1) is 8.04. The maximum Gasteiger partial charge on any atom is 0.0406 e. The van der Waals surface area contributed by atoms with E-state index in [2.05, 4.69) is 45.1 Å². The number of nitrogens with one attached hydrogen (secondary N) is 1. The molecule has 2 atom stereocenters. The third-order valence-corrected chi connectivity index (χ3v) is 3.53. The molecule has 0 amide bonds. The Balaban J connectivity index is 2.69. The first kappa shape index (κ1) is 14.5. The van der Waals surface area contributed by atoms with Crippen LogP contribution in [0.5, 0.6) is 0 Å². The summed E-state index contributed by atoms with van der Waals surface area (Å²) in [5.74, 6) is 1.31. The van der Waals surface area contributed by atoms with Gasteiger partial charge in [-0.2, -0.15) is 0 Å². The lowest BCUT2D eigenvalue weighted by atomic mass is 9.95. The maximum atomic E-state index is 5.93. The van der Waals surface area contributed by atoms with Gasteiger partial charge in [-0.3, -0.25) is 0 Å². The highest BCUT2D eigenvalue weighted by atomic mass is 35.5. The summed E-state index contributed by atoms with van der Waals surface area (Å²) in [6.45, 7) is 10.1. The van der Waals surface area contributed by atoms with Crippen molar-refractivity contribution in [2.24, 2.45) is 11.8 Å². The minimum atomic E-state index is 0.418. The fourth-order valence-electron chi connectivity index (χ4n) is 1.88. The van der Waals surface area contributed by atoms with Gasteiger partial charge in [0.1, 0.15) is 0 Å². The zero-order valence-corrected chi connectivity index (χ0v) is 12.1. The minimum Gasteiger partial charge on any atom is -0.309 e. The Bertz CT molecular complexity index is 318. The van der Waals surface area contributed by atoms with Crippen molar-refractivity contribution < 1.29 is 0 Å². The van der Waals surface area contributed by atoms with Crippen molar-refractivity contribution in [3.05, 3.63) is 34.9 Å². The molecular weight excluding hydrogens is 230 g/mol. The van der Waals surface area contributed by atoms with Gasteiger partial charge in [-0.15, -0.1) is 0 Å². The van der Waals surface area contributed by atoms with Gasteiger partial charge < -0.3 is 5.32 Å². The van der Waals surface area contributed by atoms with Crippen LogP contribution in [0.15, 0.2) is 24.3 Å². The van der Waals surface area contributed by atoms with Gasteiger partial charge in [0.25, 0.3) is 0 Å². The average molecular weight is 254 g/mol. The van der Waals surface area contributed by atoms with Crippen LogP contribution in [0.1, 0.15) is 45.7 Å². The average Bonchev–Trinajstić information content (AvgIpc) is 2.31. The Morgan fingerprint density at radius 2 is 1.71 bits per heavy atom. The lowest BCUT2D eigenvalue weighted by Crippen LogP contribution is -2.29. The topological polar surface area (TPSA) is 12.0 Å². The van der Waals surface area contributed by atoms with Crippen molar-refractivity contribution in [2.75, 3.05) is 6.54 Å². The van der Waals surface area contributed by atoms with Crippen LogP contribution in [0.4, 0.5) is 0 Å². The van der Waals surface area contributed by atoms with Gasteiger partial charge in [0.15, 0.2) is 0 Å². The summed E-state index contributed by atoms with van der Waals surface area (Å²) < 4.78 is 0. The van der Waals surface area contributed by atoms with Crippen molar-refractivity contribution in [3.63, 3.8) is 0 Å². The Labute approximate surface area is 111 Å². The standard InChI is InChI=1S/C15H24ClN/c1-5-12(4)10-17-15(11(2)3)13-6-8-14(16)9-7-13/h6-9,11-12,15,17H,5,10H2,1-4H3. The Hall–Kier alpha value is -0.530. The van der Waals surface area contributed by atoms with Crippen LogP contribution in [0.3, 0.4) is 0 Å². The van der Waals surface area contributed by atoms with E-state index in [1.54, 1.807) is 0 Å². The largest absolute Gasteiger partial charge is 0.309 e. The van der Waals surface area contributed by atoms with Gasteiger partial charge >= 0.3 is 0 Å². The predicted octanol–water partition coefficient (Wildman–Crippen LogP) is 4.67. The Morgan fingerprint density at radius 1 is 1.12 bits per heavy atom. The van der Waals surface area contributed by atoms with E-state index in [4.69, 9.17) is 11.6 Å². The molecule has 0 aromatic heterocycles. The van der Waals surface area contributed by atoms with Crippen molar-refractivity contribution >= 4 is 11.6 Å². The molecule has 0 saturated carbocycles. The molecule has 1 N–H and O–H groups in total. The second-order valence-corrected chi connectivity index (χ2v) is 5.63. The van der Waals surface area contributed by atoms with Gasteiger partial charge in [-0.1, -0.05) is 57.8 Å². The zero-order valence-electron chi connectivity index (χ0n) is 11.3. The molecule has 0 aliphatic rings. The van der Waals surface area contributed by atoms with E-state index in [0.29, 0.717) is 12.0 Å². The van der Waals surface area contributed by atoms with Gasteiger partial charge in [0, 0.05) is 11.1 Å². The summed E-state index contributed by atoms with van der Waals surface area (Å²) >= 11 is 5.93. The smallest absolute Gasteiger partial charge is 0.0406 e.